The molecule has 0 aliphatic heterocycles. The van der Waals surface area contributed by atoms with Crippen LogP contribution in [0.25, 0.3) is 0 Å². The molecule has 0 aliphatic carbocycles. The molecule has 0 atom stereocenters. The van der Waals surface area contributed by atoms with Crippen LogP contribution in [0.5, 0.6) is 0 Å². The first-order valence-corrected chi connectivity index (χ1v) is 6.80. The Kier molecular flexibility index (Phi) is 5.71. The van der Waals surface area contributed by atoms with Crippen LogP contribution < -0.4 is 11.1 Å². The van der Waals surface area contributed by atoms with Crippen LogP contribution in [0.2, 0.25) is 0 Å². The average Bonchev–Trinajstić information content (AvgIpc) is 2.20. The van der Waals surface area contributed by atoms with Gasteiger partial charge in [0.15, 0.2) is 0 Å². The standard InChI is InChI=1S/C13H22N2S/c1-10(2)15-7-4-8-16-13-6-5-12(14)9-11(13)3/h5-6,9-10,15H,4,7-8,14H2,1-3H3. The molecule has 0 aliphatic rings. The highest BCUT2D eigenvalue weighted by Crippen LogP contribution is 2.24. The van der Waals surface area contributed by atoms with Crippen molar-refractivity contribution in [2.75, 3.05) is 18.0 Å². The lowest BCUT2D eigenvalue weighted by Crippen LogP contribution is -2.23. The van der Waals surface area contributed by atoms with Crippen LogP contribution in [0, 0.1) is 6.92 Å². The maximum Gasteiger partial charge on any atom is 0.0317 e. The molecule has 2 nitrogen and oxygen atoms in total. The van der Waals surface area contributed by atoms with Crippen LogP contribution in [0.15, 0.2) is 23.1 Å². The maximum absolute atomic E-state index is 5.72. The number of nitrogens with two attached hydrogens (primary N) is 1. The lowest BCUT2D eigenvalue weighted by Gasteiger charge is -2.09. The minimum atomic E-state index is 0.586. The van der Waals surface area contributed by atoms with Crippen LogP contribution in [-0.4, -0.2) is 18.3 Å². The number of anilines is 1. The minimum Gasteiger partial charge on any atom is -0.399 e. The van der Waals surface area contributed by atoms with Crippen molar-refractivity contribution in [3.63, 3.8) is 0 Å². The maximum atomic E-state index is 5.72. The zero-order valence-corrected chi connectivity index (χ0v) is 11.2. The molecule has 1 aromatic carbocycles. The summed E-state index contributed by atoms with van der Waals surface area (Å²) in [5, 5.41) is 3.42. The normalized spacial score (nSPS) is 11.0. The molecule has 1 aromatic rings. The quantitative estimate of drug-likeness (QED) is 0.454. The molecule has 0 saturated carbocycles. The van der Waals surface area contributed by atoms with E-state index in [0.29, 0.717) is 6.04 Å². The van der Waals surface area contributed by atoms with Gasteiger partial charge in [0.2, 0.25) is 0 Å². The van der Waals surface area contributed by atoms with Crippen molar-refractivity contribution in [3.8, 4) is 0 Å². The van der Waals surface area contributed by atoms with Gasteiger partial charge in [-0.25, -0.2) is 0 Å². The van der Waals surface area contributed by atoms with E-state index in [0.717, 1.165) is 18.0 Å². The van der Waals surface area contributed by atoms with Crippen molar-refractivity contribution < 1.29 is 0 Å². The van der Waals surface area contributed by atoms with Crippen molar-refractivity contribution in [3.05, 3.63) is 23.8 Å². The summed E-state index contributed by atoms with van der Waals surface area (Å²) < 4.78 is 0. The number of nitrogen functional groups attached to an aromatic ring is 1. The SMILES string of the molecule is Cc1cc(N)ccc1SCCCNC(C)C. The molecular formula is C13H22N2S. The summed E-state index contributed by atoms with van der Waals surface area (Å²) in [7, 11) is 0. The van der Waals surface area contributed by atoms with E-state index in [1.807, 2.05) is 23.9 Å². The highest BCUT2D eigenvalue weighted by molar-refractivity contribution is 7.99. The summed E-state index contributed by atoms with van der Waals surface area (Å²) in [6, 6.07) is 6.71. The van der Waals surface area contributed by atoms with Crippen LogP contribution in [0.1, 0.15) is 25.8 Å². The number of aryl methyl sites for hydroxylation is 1. The van der Waals surface area contributed by atoms with Crippen LogP contribution >= 0.6 is 11.8 Å². The van der Waals surface area contributed by atoms with Crippen LogP contribution in [0.3, 0.4) is 0 Å². The summed E-state index contributed by atoms with van der Waals surface area (Å²) in [6.07, 6.45) is 1.20. The molecule has 0 unspecified atom stereocenters. The Balaban J connectivity index is 2.27. The molecule has 0 saturated heterocycles. The van der Waals surface area contributed by atoms with Crippen molar-refractivity contribution in [2.45, 2.75) is 38.1 Å². The van der Waals surface area contributed by atoms with E-state index in [1.54, 1.807) is 0 Å². The molecule has 1 rings (SSSR count). The fraction of sp³-hybridized carbons (Fsp3) is 0.538. The van der Waals surface area contributed by atoms with Gasteiger partial charge in [0.05, 0.1) is 0 Å². The van der Waals surface area contributed by atoms with Gasteiger partial charge >= 0.3 is 0 Å². The predicted octanol–water partition coefficient (Wildman–Crippen LogP) is 3.06. The molecule has 0 radical (unpaired) electrons. The first-order valence-electron chi connectivity index (χ1n) is 5.82. The van der Waals surface area contributed by atoms with Gasteiger partial charge in [-0.2, -0.15) is 0 Å². The van der Waals surface area contributed by atoms with Crippen molar-refractivity contribution >= 4 is 17.4 Å². The Morgan fingerprint density at radius 2 is 2.12 bits per heavy atom. The van der Waals surface area contributed by atoms with Gasteiger partial charge in [-0.1, -0.05) is 13.8 Å². The van der Waals surface area contributed by atoms with E-state index in [4.69, 9.17) is 5.73 Å². The van der Waals surface area contributed by atoms with Crippen molar-refractivity contribution in [2.24, 2.45) is 0 Å². The third-order valence-electron chi connectivity index (χ3n) is 2.33. The summed E-state index contributed by atoms with van der Waals surface area (Å²) in [5.74, 6) is 1.16. The lowest BCUT2D eigenvalue weighted by atomic mass is 10.2. The number of nitrogens with one attached hydrogen (secondary N) is 1. The van der Waals surface area contributed by atoms with E-state index in [9.17, 15) is 0 Å². The molecule has 0 fully saturated rings. The number of rotatable bonds is 6. The van der Waals surface area contributed by atoms with Gasteiger partial charge in [0.25, 0.3) is 0 Å². The molecule has 16 heavy (non-hydrogen) atoms. The van der Waals surface area contributed by atoms with Gasteiger partial charge in [-0.05, 0) is 49.4 Å². The van der Waals surface area contributed by atoms with Crippen molar-refractivity contribution in [1.82, 2.24) is 5.32 Å². The van der Waals surface area contributed by atoms with E-state index >= 15 is 0 Å². The van der Waals surface area contributed by atoms with Crippen LogP contribution in [0.4, 0.5) is 5.69 Å². The van der Waals surface area contributed by atoms with E-state index in [2.05, 4.69) is 32.2 Å². The first-order chi connectivity index (χ1) is 7.59. The number of benzene rings is 1. The Hall–Kier alpha value is -0.670. The third kappa shape index (κ3) is 4.90. The van der Waals surface area contributed by atoms with Gasteiger partial charge in [0, 0.05) is 16.6 Å². The second-order valence-corrected chi connectivity index (χ2v) is 5.47. The van der Waals surface area contributed by atoms with E-state index in [-0.39, 0.29) is 0 Å². The van der Waals surface area contributed by atoms with E-state index < -0.39 is 0 Å². The smallest absolute Gasteiger partial charge is 0.0317 e. The number of thioether (sulfide) groups is 1. The topological polar surface area (TPSA) is 38.0 Å². The molecular weight excluding hydrogens is 216 g/mol. The molecule has 0 bridgehead atoms. The molecule has 0 aromatic heterocycles. The monoisotopic (exact) mass is 238 g/mol. The van der Waals surface area contributed by atoms with Gasteiger partial charge in [-0.15, -0.1) is 11.8 Å². The van der Waals surface area contributed by atoms with Gasteiger partial charge in [-0.3, -0.25) is 0 Å². The zero-order chi connectivity index (χ0) is 12.0. The Morgan fingerprint density at radius 1 is 1.38 bits per heavy atom. The van der Waals surface area contributed by atoms with Gasteiger partial charge < -0.3 is 11.1 Å². The second-order valence-electron chi connectivity index (χ2n) is 4.34. The number of hydrogen-bond acceptors (Lipinski definition) is 3. The summed E-state index contributed by atoms with van der Waals surface area (Å²) in [4.78, 5) is 1.35. The largest absolute Gasteiger partial charge is 0.399 e. The number of hydrogen-bond donors (Lipinski definition) is 2. The molecule has 0 heterocycles. The molecule has 0 amide bonds. The Bertz CT molecular complexity index is 324. The first kappa shape index (κ1) is 13.4. The Labute approximate surface area is 103 Å². The second kappa shape index (κ2) is 6.81. The highest BCUT2D eigenvalue weighted by Gasteiger charge is 1.99. The molecule has 3 heteroatoms. The summed E-state index contributed by atoms with van der Waals surface area (Å²) >= 11 is 1.91. The van der Waals surface area contributed by atoms with Gasteiger partial charge in [0.1, 0.15) is 0 Å². The van der Waals surface area contributed by atoms with Crippen LogP contribution in [-0.2, 0) is 0 Å². The van der Waals surface area contributed by atoms with E-state index in [1.165, 1.54) is 16.9 Å². The predicted molar refractivity (Wildman–Crippen MR) is 74.1 cm³/mol. The molecule has 0 spiro atoms. The minimum absolute atomic E-state index is 0.586. The molecule has 90 valence electrons. The van der Waals surface area contributed by atoms with Crippen molar-refractivity contribution in [1.29, 1.82) is 0 Å². The lowest BCUT2D eigenvalue weighted by molar-refractivity contribution is 0.586. The highest BCUT2D eigenvalue weighted by atomic mass is 32.2. The third-order valence-corrected chi connectivity index (χ3v) is 3.59. The average molecular weight is 238 g/mol. The zero-order valence-electron chi connectivity index (χ0n) is 10.4. The molecule has 3 N–H and O–H groups in total. The summed E-state index contributed by atoms with van der Waals surface area (Å²) in [6.45, 7) is 7.57. The fourth-order valence-corrected chi connectivity index (χ4v) is 2.44. The summed E-state index contributed by atoms with van der Waals surface area (Å²) in [5.41, 5.74) is 7.85. The Morgan fingerprint density at radius 3 is 2.75 bits per heavy atom. The fourth-order valence-electron chi connectivity index (χ4n) is 1.48.